The first-order valence-corrected chi connectivity index (χ1v) is 4.57. The van der Waals surface area contributed by atoms with E-state index in [-0.39, 0.29) is 6.04 Å². The Kier molecular flexibility index (Phi) is 3.23. The van der Waals surface area contributed by atoms with Gasteiger partial charge in [0.25, 0.3) is 0 Å². The van der Waals surface area contributed by atoms with Gasteiger partial charge in [-0.05, 0) is 27.8 Å². The van der Waals surface area contributed by atoms with Gasteiger partial charge in [0.05, 0.1) is 6.04 Å². The molecule has 0 aromatic carbocycles. The summed E-state index contributed by atoms with van der Waals surface area (Å²) in [6, 6.07) is 0.0592. The minimum absolute atomic E-state index is 0.0592. The standard InChI is InChI=1S/C9H17N3O2/c1-6(10-4)7-11-12-8(14-7)9(2,3)13-5/h6,10H,1-5H3. The maximum atomic E-state index is 5.48. The fourth-order valence-corrected chi connectivity index (χ4v) is 0.864. The molecule has 1 atom stereocenters. The van der Waals surface area contributed by atoms with E-state index in [2.05, 4.69) is 15.5 Å². The molecule has 0 spiro atoms. The van der Waals surface area contributed by atoms with Gasteiger partial charge in [0, 0.05) is 7.11 Å². The summed E-state index contributed by atoms with van der Waals surface area (Å²) < 4.78 is 10.7. The van der Waals surface area contributed by atoms with Crippen molar-refractivity contribution < 1.29 is 9.15 Å². The SMILES string of the molecule is CNC(C)c1nnc(C(C)(C)OC)o1. The Morgan fingerprint density at radius 2 is 2.07 bits per heavy atom. The van der Waals surface area contributed by atoms with Crippen molar-refractivity contribution >= 4 is 0 Å². The largest absolute Gasteiger partial charge is 0.420 e. The van der Waals surface area contributed by atoms with Crippen LogP contribution in [0.4, 0.5) is 0 Å². The van der Waals surface area contributed by atoms with E-state index in [4.69, 9.17) is 9.15 Å². The van der Waals surface area contributed by atoms with Crippen LogP contribution in [0.2, 0.25) is 0 Å². The summed E-state index contributed by atoms with van der Waals surface area (Å²) in [5.41, 5.74) is -0.529. The minimum atomic E-state index is -0.529. The lowest BCUT2D eigenvalue weighted by Gasteiger charge is -2.17. The Balaban J connectivity index is 2.88. The van der Waals surface area contributed by atoms with Crippen LogP contribution < -0.4 is 5.32 Å². The first-order chi connectivity index (χ1) is 6.51. The quantitative estimate of drug-likeness (QED) is 0.790. The Hall–Kier alpha value is -0.940. The average Bonchev–Trinajstić information content (AvgIpc) is 2.66. The molecule has 80 valence electrons. The molecule has 1 rings (SSSR count). The van der Waals surface area contributed by atoms with Crippen molar-refractivity contribution in [1.82, 2.24) is 15.5 Å². The van der Waals surface area contributed by atoms with E-state index in [9.17, 15) is 0 Å². The summed E-state index contributed by atoms with van der Waals surface area (Å²) in [6.45, 7) is 5.72. The molecule has 1 heterocycles. The van der Waals surface area contributed by atoms with Crippen LogP contribution in [0, 0.1) is 0 Å². The van der Waals surface area contributed by atoms with Crippen LogP contribution in [0.1, 0.15) is 38.6 Å². The highest BCUT2D eigenvalue weighted by Gasteiger charge is 2.27. The lowest BCUT2D eigenvalue weighted by molar-refractivity contribution is -0.00482. The number of aromatic nitrogens is 2. The molecule has 1 aromatic heterocycles. The zero-order valence-electron chi connectivity index (χ0n) is 9.29. The van der Waals surface area contributed by atoms with Crippen LogP contribution in [0.5, 0.6) is 0 Å². The number of ether oxygens (including phenoxy) is 1. The van der Waals surface area contributed by atoms with E-state index in [1.54, 1.807) is 7.11 Å². The third kappa shape index (κ3) is 2.10. The molecule has 14 heavy (non-hydrogen) atoms. The van der Waals surface area contributed by atoms with Crippen molar-refractivity contribution in [3.05, 3.63) is 11.8 Å². The molecule has 1 unspecified atom stereocenters. The van der Waals surface area contributed by atoms with Crippen LogP contribution in [-0.4, -0.2) is 24.4 Å². The van der Waals surface area contributed by atoms with E-state index in [1.807, 2.05) is 27.8 Å². The summed E-state index contributed by atoms with van der Waals surface area (Å²) in [5.74, 6) is 1.07. The van der Waals surface area contributed by atoms with Gasteiger partial charge in [-0.25, -0.2) is 0 Å². The Bertz CT molecular complexity index is 296. The molecule has 0 saturated heterocycles. The summed E-state index contributed by atoms with van der Waals surface area (Å²) in [7, 11) is 3.46. The van der Waals surface area contributed by atoms with Crippen molar-refractivity contribution in [2.24, 2.45) is 0 Å². The van der Waals surface area contributed by atoms with Crippen molar-refractivity contribution in [1.29, 1.82) is 0 Å². The second kappa shape index (κ2) is 4.06. The number of hydrogen-bond acceptors (Lipinski definition) is 5. The van der Waals surface area contributed by atoms with Gasteiger partial charge in [0.15, 0.2) is 0 Å². The second-order valence-corrected chi connectivity index (χ2v) is 3.67. The van der Waals surface area contributed by atoms with Gasteiger partial charge in [-0.2, -0.15) is 0 Å². The van der Waals surface area contributed by atoms with E-state index in [0.29, 0.717) is 11.8 Å². The van der Waals surface area contributed by atoms with Crippen LogP contribution in [0.3, 0.4) is 0 Å². The smallest absolute Gasteiger partial charge is 0.247 e. The molecule has 0 bridgehead atoms. The van der Waals surface area contributed by atoms with Crippen molar-refractivity contribution in [2.45, 2.75) is 32.4 Å². The van der Waals surface area contributed by atoms with E-state index in [1.165, 1.54) is 0 Å². The molecule has 0 radical (unpaired) electrons. The molecular formula is C9H17N3O2. The number of hydrogen-bond donors (Lipinski definition) is 1. The maximum absolute atomic E-state index is 5.48. The second-order valence-electron chi connectivity index (χ2n) is 3.67. The molecule has 0 saturated carbocycles. The van der Waals surface area contributed by atoms with E-state index >= 15 is 0 Å². The minimum Gasteiger partial charge on any atom is -0.420 e. The summed E-state index contributed by atoms with van der Waals surface area (Å²) in [5, 5.41) is 10.9. The third-order valence-corrected chi connectivity index (χ3v) is 2.27. The average molecular weight is 199 g/mol. The van der Waals surface area contributed by atoms with Gasteiger partial charge in [-0.3, -0.25) is 0 Å². The number of nitrogens with zero attached hydrogens (tertiary/aromatic N) is 2. The molecule has 5 nitrogen and oxygen atoms in total. The molecule has 0 aliphatic heterocycles. The van der Waals surface area contributed by atoms with Gasteiger partial charge in [0.1, 0.15) is 5.60 Å². The monoisotopic (exact) mass is 199 g/mol. The normalized spacial score (nSPS) is 14.4. The van der Waals surface area contributed by atoms with Crippen molar-refractivity contribution in [2.75, 3.05) is 14.2 Å². The molecule has 1 N–H and O–H groups in total. The van der Waals surface area contributed by atoms with Gasteiger partial charge in [-0.15, -0.1) is 10.2 Å². The highest BCUT2D eigenvalue weighted by molar-refractivity contribution is 4.95. The molecule has 1 aromatic rings. The zero-order valence-corrected chi connectivity index (χ0v) is 9.29. The number of rotatable bonds is 4. The Morgan fingerprint density at radius 3 is 2.57 bits per heavy atom. The Labute approximate surface area is 83.9 Å². The van der Waals surface area contributed by atoms with Gasteiger partial charge in [-0.1, -0.05) is 0 Å². The molecule has 0 amide bonds. The summed E-state index contributed by atoms with van der Waals surface area (Å²) in [6.07, 6.45) is 0. The van der Waals surface area contributed by atoms with Gasteiger partial charge in [0.2, 0.25) is 11.8 Å². The van der Waals surface area contributed by atoms with Crippen LogP contribution in [-0.2, 0) is 10.3 Å². The topological polar surface area (TPSA) is 60.2 Å². The van der Waals surface area contributed by atoms with Crippen molar-refractivity contribution in [3.8, 4) is 0 Å². The predicted molar refractivity (Wildman–Crippen MR) is 51.8 cm³/mol. The zero-order chi connectivity index (χ0) is 10.8. The molecule has 0 aliphatic carbocycles. The van der Waals surface area contributed by atoms with E-state index in [0.717, 1.165) is 0 Å². The molecular weight excluding hydrogens is 182 g/mol. The summed E-state index contributed by atoms with van der Waals surface area (Å²) in [4.78, 5) is 0. The first kappa shape index (κ1) is 11.1. The number of methoxy groups -OCH3 is 1. The lowest BCUT2D eigenvalue weighted by atomic mass is 10.1. The Morgan fingerprint density at radius 1 is 1.43 bits per heavy atom. The highest BCUT2D eigenvalue weighted by Crippen LogP contribution is 2.23. The van der Waals surface area contributed by atoms with Gasteiger partial charge < -0.3 is 14.5 Å². The molecule has 5 heteroatoms. The highest BCUT2D eigenvalue weighted by atomic mass is 16.5. The third-order valence-electron chi connectivity index (χ3n) is 2.27. The predicted octanol–water partition coefficient (Wildman–Crippen LogP) is 1.23. The lowest BCUT2D eigenvalue weighted by Crippen LogP contribution is -2.19. The fraction of sp³-hybridized carbons (Fsp3) is 0.778. The van der Waals surface area contributed by atoms with E-state index < -0.39 is 5.60 Å². The number of nitrogens with one attached hydrogen (secondary N) is 1. The van der Waals surface area contributed by atoms with Crippen LogP contribution in [0.25, 0.3) is 0 Å². The van der Waals surface area contributed by atoms with Crippen LogP contribution >= 0.6 is 0 Å². The summed E-state index contributed by atoms with van der Waals surface area (Å²) >= 11 is 0. The van der Waals surface area contributed by atoms with Gasteiger partial charge >= 0.3 is 0 Å². The fourth-order valence-electron chi connectivity index (χ4n) is 0.864. The molecule has 0 fully saturated rings. The first-order valence-electron chi connectivity index (χ1n) is 4.57. The van der Waals surface area contributed by atoms with Crippen LogP contribution in [0.15, 0.2) is 4.42 Å². The maximum Gasteiger partial charge on any atom is 0.247 e. The van der Waals surface area contributed by atoms with Crippen molar-refractivity contribution in [3.63, 3.8) is 0 Å². The molecule has 0 aliphatic rings.